The first-order chi connectivity index (χ1) is 4.98. The smallest absolute Gasteiger partial charge is 0.374 e. The van der Waals surface area contributed by atoms with Gasteiger partial charge in [-0.2, -0.15) is 13.2 Å². The first-order valence-corrected chi connectivity index (χ1v) is 2.88. The van der Waals surface area contributed by atoms with Crippen molar-refractivity contribution in [2.45, 2.75) is 12.3 Å². The highest BCUT2D eigenvalue weighted by molar-refractivity contribution is 4.68. The Morgan fingerprint density at radius 1 is 1.45 bits per heavy atom. The Balaban J connectivity index is 3.52. The molecular formula is C6H8F4O. The molecule has 1 nitrogen and oxygen atoms in total. The van der Waals surface area contributed by atoms with E-state index in [9.17, 15) is 17.6 Å². The molecule has 5 heteroatoms. The van der Waals surface area contributed by atoms with Crippen molar-refractivity contribution in [2.24, 2.45) is 0 Å². The van der Waals surface area contributed by atoms with Gasteiger partial charge in [-0.05, 0) is 0 Å². The zero-order valence-corrected chi connectivity index (χ0v) is 5.70. The molecule has 66 valence electrons. The van der Waals surface area contributed by atoms with E-state index >= 15 is 0 Å². The predicted octanol–water partition coefficient (Wildman–Crippen LogP) is 2.09. The summed E-state index contributed by atoms with van der Waals surface area (Å²) >= 11 is 0. The Morgan fingerprint density at radius 3 is 2.36 bits per heavy atom. The van der Waals surface area contributed by atoms with Crippen LogP contribution in [0.15, 0.2) is 12.7 Å². The Kier molecular flexibility index (Phi) is 4.10. The van der Waals surface area contributed by atoms with Gasteiger partial charge in [0.1, 0.15) is 0 Å². The molecule has 0 heterocycles. The van der Waals surface area contributed by atoms with E-state index in [1.807, 2.05) is 0 Å². The van der Waals surface area contributed by atoms with Crippen LogP contribution >= 0.6 is 0 Å². The SMILES string of the molecule is C=CCOCC(F)C(F)(F)F. The summed E-state index contributed by atoms with van der Waals surface area (Å²) in [5, 5.41) is 0. The van der Waals surface area contributed by atoms with Crippen LogP contribution in [0.1, 0.15) is 0 Å². The number of alkyl halides is 4. The van der Waals surface area contributed by atoms with E-state index in [-0.39, 0.29) is 6.61 Å². The fourth-order valence-electron chi connectivity index (χ4n) is 0.349. The van der Waals surface area contributed by atoms with E-state index in [0.717, 1.165) is 0 Å². The Morgan fingerprint density at radius 2 is 2.00 bits per heavy atom. The van der Waals surface area contributed by atoms with Crippen molar-refractivity contribution in [1.82, 2.24) is 0 Å². The number of rotatable bonds is 4. The molecule has 0 amide bonds. The minimum atomic E-state index is -4.82. The molecule has 0 spiro atoms. The first-order valence-electron chi connectivity index (χ1n) is 2.88. The number of halogens is 4. The first kappa shape index (κ1) is 10.4. The molecule has 1 atom stereocenters. The van der Waals surface area contributed by atoms with Gasteiger partial charge in [-0.1, -0.05) is 6.08 Å². The van der Waals surface area contributed by atoms with Crippen molar-refractivity contribution < 1.29 is 22.3 Å². The summed E-state index contributed by atoms with van der Waals surface area (Å²) < 4.78 is 50.4. The van der Waals surface area contributed by atoms with E-state index in [1.165, 1.54) is 6.08 Å². The quantitative estimate of drug-likeness (QED) is 0.358. The van der Waals surface area contributed by atoms with Crippen LogP contribution in [0.5, 0.6) is 0 Å². The van der Waals surface area contributed by atoms with Gasteiger partial charge in [0.05, 0.1) is 13.2 Å². The second kappa shape index (κ2) is 4.33. The topological polar surface area (TPSA) is 9.23 Å². The Hall–Kier alpha value is -0.580. The van der Waals surface area contributed by atoms with E-state index in [4.69, 9.17) is 0 Å². The van der Waals surface area contributed by atoms with Crippen LogP contribution in [0.4, 0.5) is 17.6 Å². The molecular weight excluding hydrogens is 164 g/mol. The van der Waals surface area contributed by atoms with Crippen molar-refractivity contribution in [3.8, 4) is 0 Å². The van der Waals surface area contributed by atoms with Gasteiger partial charge < -0.3 is 4.74 Å². The number of hydrogen-bond donors (Lipinski definition) is 0. The molecule has 0 saturated heterocycles. The molecule has 0 radical (unpaired) electrons. The van der Waals surface area contributed by atoms with Crippen LogP contribution in [0.25, 0.3) is 0 Å². The van der Waals surface area contributed by atoms with Crippen molar-refractivity contribution in [2.75, 3.05) is 13.2 Å². The molecule has 0 aliphatic rings. The lowest BCUT2D eigenvalue weighted by atomic mass is 10.4. The van der Waals surface area contributed by atoms with E-state index < -0.39 is 19.0 Å². The third-order valence-corrected chi connectivity index (χ3v) is 0.855. The summed E-state index contributed by atoms with van der Waals surface area (Å²) in [6.45, 7) is 2.16. The molecule has 0 aromatic heterocycles. The van der Waals surface area contributed by atoms with Crippen molar-refractivity contribution in [3.05, 3.63) is 12.7 Å². The van der Waals surface area contributed by atoms with Gasteiger partial charge in [0.25, 0.3) is 0 Å². The third-order valence-electron chi connectivity index (χ3n) is 0.855. The molecule has 0 fully saturated rings. The minimum absolute atomic E-state index is 0.0729. The summed E-state index contributed by atoms with van der Waals surface area (Å²) in [4.78, 5) is 0. The Bertz CT molecular complexity index is 120. The number of ether oxygens (including phenoxy) is 1. The normalized spacial score (nSPS) is 14.5. The second-order valence-corrected chi connectivity index (χ2v) is 1.84. The fourth-order valence-corrected chi connectivity index (χ4v) is 0.349. The molecule has 0 rings (SSSR count). The molecule has 0 N–H and O–H groups in total. The second-order valence-electron chi connectivity index (χ2n) is 1.84. The Labute approximate surface area is 61.7 Å². The highest BCUT2D eigenvalue weighted by atomic mass is 19.4. The lowest BCUT2D eigenvalue weighted by Gasteiger charge is -2.11. The van der Waals surface area contributed by atoms with Crippen LogP contribution in [0.2, 0.25) is 0 Å². The van der Waals surface area contributed by atoms with Crippen molar-refractivity contribution >= 4 is 0 Å². The maximum Gasteiger partial charge on any atom is 0.421 e. The average molecular weight is 172 g/mol. The van der Waals surface area contributed by atoms with Crippen LogP contribution < -0.4 is 0 Å². The molecule has 0 aromatic rings. The van der Waals surface area contributed by atoms with Crippen LogP contribution in [-0.2, 0) is 4.74 Å². The minimum Gasteiger partial charge on any atom is -0.374 e. The van der Waals surface area contributed by atoms with Gasteiger partial charge in [0, 0.05) is 0 Å². The molecule has 0 aliphatic carbocycles. The fraction of sp³-hybridized carbons (Fsp3) is 0.667. The van der Waals surface area contributed by atoms with Gasteiger partial charge in [-0.25, -0.2) is 4.39 Å². The highest BCUT2D eigenvalue weighted by Gasteiger charge is 2.39. The summed E-state index contributed by atoms with van der Waals surface area (Å²) in [5.74, 6) is 0. The molecule has 0 aromatic carbocycles. The highest BCUT2D eigenvalue weighted by Crippen LogP contribution is 2.22. The maximum absolute atomic E-state index is 11.9. The van der Waals surface area contributed by atoms with Gasteiger partial charge in [0.2, 0.25) is 6.17 Å². The lowest BCUT2D eigenvalue weighted by Crippen LogP contribution is -2.29. The monoisotopic (exact) mass is 172 g/mol. The van der Waals surface area contributed by atoms with Gasteiger partial charge in [-0.3, -0.25) is 0 Å². The summed E-state index contributed by atoms with van der Waals surface area (Å²) in [7, 11) is 0. The third kappa shape index (κ3) is 4.78. The summed E-state index contributed by atoms with van der Waals surface area (Å²) in [6, 6.07) is 0. The van der Waals surface area contributed by atoms with Crippen molar-refractivity contribution in [3.63, 3.8) is 0 Å². The zero-order chi connectivity index (χ0) is 8.91. The molecule has 0 saturated carbocycles. The zero-order valence-electron chi connectivity index (χ0n) is 5.70. The van der Waals surface area contributed by atoms with E-state index in [1.54, 1.807) is 0 Å². The lowest BCUT2D eigenvalue weighted by molar-refractivity contribution is -0.192. The molecule has 11 heavy (non-hydrogen) atoms. The summed E-state index contributed by atoms with van der Waals surface area (Å²) in [5.41, 5.74) is 0. The average Bonchev–Trinajstić information content (AvgIpc) is 1.86. The van der Waals surface area contributed by atoms with Gasteiger partial charge in [0.15, 0.2) is 0 Å². The molecule has 0 aliphatic heterocycles. The van der Waals surface area contributed by atoms with Crippen LogP contribution in [-0.4, -0.2) is 25.6 Å². The van der Waals surface area contributed by atoms with E-state index in [0.29, 0.717) is 0 Å². The van der Waals surface area contributed by atoms with Crippen molar-refractivity contribution in [1.29, 1.82) is 0 Å². The molecule has 1 unspecified atom stereocenters. The van der Waals surface area contributed by atoms with E-state index in [2.05, 4.69) is 11.3 Å². The van der Waals surface area contributed by atoms with Gasteiger partial charge in [-0.15, -0.1) is 6.58 Å². The largest absolute Gasteiger partial charge is 0.421 e. The maximum atomic E-state index is 11.9. The predicted molar refractivity (Wildman–Crippen MR) is 32.0 cm³/mol. The standard InChI is InChI=1S/C6H8F4O/c1-2-3-11-4-5(7)6(8,9)10/h2,5H,1,3-4H2. The molecule has 0 bridgehead atoms. The van der Waals surface area contributed by atoms with Crippen LogP contribution in [0.3, 0.4) is 0 Å². The van der Waals surface area contributed by atoms with Crippen LogP contribution in [0, 0.1) is 0 Å². The summed E-state index contributed by atoms with van der Waals surface area (Å²) in [6.07, 6.45) is -6.47. The number of hydrogen-bond acceptors (Lipinski definition) is 1. The van der Waals surface area contributed by atoms with Gasteiger partial charge >= 0.3 is 6.18 Å².